The molecule has 1 aliphatic heterocycles. The van der Waals surface area contributed by atoms with Gasteiger partial charge in [-0.25, -0.2) is 4.98 Å². The zero-order valence-electron chi connectivity index (χ0n) is 17.0. The molecule has 1 aliphatic carbocycles. The van der Waals surface area contributed by atoms with E-state index >= 15 is 0 Å². The molecule has 0 saturated carbocycles. The van der Waals surface area contributed by atoms with E-state index in [0.29, 0.717) is 31.0 Å². The predicted molar refractivity (Wildman–Crippen MR) is 114 cm³/mol. The van der Waals surface area contributed by atoms with Crippen LogP contribution in [0, 0.1) is 5.92 Å². The van der Waals surface area contributed by atoms with Crippen molar-refractivity contribution < 1.29 is 14.6 Å². The van der Waals surface area contributed by atoms with Gasteiger partial charge >= 0.3 is 0 Å². The molecule has 0 spiro atoms. The minimum absolute atomic E-state index is 0.0202. The van der Waals surface area contributed by atoms with Gasteiger partial charge in [-0.2, -0.15) is 0 Å². The van der Waals surface area contributed by atoms with Gasteiger partial charge in [0.15, 0.2) is 0 Å². The summed E-state index contributed by atoms with van der Waals surface area (Å²) in [6.45, 7) is 0.837. The number of aliphatic hydroxyl groups excluding tert-OH is 1. The van der Waals surface area contributed by atoms with Crippen LogP contribution in [0.3, 0.4) is 0 Å². The summed E-state index contributed by atoms with van der Waals surface area (Å²) in [5, 5.41) is 11.8. The highest BCUT2D eigenvalue weighted by atomic mass is 16.5. The molecule has 6 nitrogen and oxygen atoms in total. The van der Waals surface area contributed by atoms with Crippen molar-refractivity contribution in [2.75, 3.05) is 20.2 Å². The Hall–Kier alpha value is -2.99. The van der Waals surface area contributed by atoms with Crippen LogP contribution in [0.1, 0.15) is 33.6 Å². The predicted octanol–water partition coefficient (Wildman–Crippen LogP) is 2.80. The molecule has 3 aromatic rings. The van der Waals surface area contributed by atoms with E-state index in [2.05, 4.69) is 16.0 Å². The second-order valence-electron chi connectivity index (χ2n) is 8.23. The number of benzene rings is 1. The average Bonchev–Trinajstić information content (AvgIpc) is 3.38. The fourth-order valence-corrected chi connectivity index (χ4v) is 4.77. The number of para-hydroxylation sites is 1. The highest BCUT2D eigenvalue weighted by Crippen LogP contribution is 2.30. The molecule has 3 heterocycles. The highest BCUT2D eigenvalue weighted by Gasteiger charge is 2.36. The monoisotopic (exact) mass is 403 g/mol. The van der Waals surface area contributed by atoms with E-state index in [1.807, 2.05) is 36.5 Å². The number of ether oxygens (including phenoxy) is 1. The van der Waals surface area contributed by atoms with Crippen molar-refractivity contribution >= 4 is 16.8 Å². The van der Waals surface area contributed by atoms with Crippen LogP contribution in [0.4, 0.5) is 0 Å². The molecule has 1 fully saturated rings. The summed E-state index contributed by atoms with van der Waals surface area (Å²) in [6, 6.07) is 12.0. The Bertz CT molecular complexity index is 1110. The Morgan fingerprint density at radius 3 is 2.97 bits per heavy atom. The van der Waals surface area contributed by atoms with Crippen molar-refractivity contribution in [2.45, 2.75) is 31.8 Å². The standard InChI is InChI=1S/C24H25N3O3/c1-30-23-19(12-16-5-4-8-20(16)26-23)24(29)27-13-17(22(28)14-27)11-15-9-10-25-21-7-3-2-6-18(15)21/h2-3,6-7,9-10,12,17,22,28H,4-5,8,11,13-14H2,1H3/t17-,22+/m1/s1. The van der Waals surface area contributed by atoms with Gasteiger partial charge < -0.3 is 14.7 Å². The third kappa shape index (κ3) is 3.31. The van der Waals surface area contributed by atoms with E-state index in [1.165, 1.54) is 0 Å². The number of hydrogen-bond acceptors (Lipinski definition) is 5. The fraction of sp³-hybridized carbons (Fsp3) is 0.375. The van der Waals surface area contributed by atoms with Crippen LogP contribution in [-0.4, -0.2) is 52.2 Å². The number of aromatic nitrogens is 2. The van der Waals surface area contributed by atoms with Crippen molar-refractivity contribution in [3.63, 3.8) is 0 Å². The summed E-state index contributed by atoms with van der Waals surface area (Å²) in [5.41, 5.74) is 4.77. The lowest BCUT2D eigenvalue weighted by atomic mass is 9.94. The number of fused-ring (bicyclic) bond motifs is 2. The molecule has 30 heavy (non-hydrogen) atoms. The van der Waals surface area contributed by atoms with Crippen molar-refractivity contribution in [3.05, 3.63) is 65.0 Å². The molecule has 6 heteroatoms. The van der Waals surface area contributed by atoms with Crippen molar-refractivity contribution in [2.24, 2.45) is 5.92 Å². The van der Waals surface area contributed by atoms with Gasteiger partial charge in [0, 0.05) is 36.3 Å². The SMILES string of the molecule is COc1nc2c(cc1C(=O)N1C[C@@H](Cc3ccnc4ccccc34)[C@@H](O)C1)CCC2. The van der Waals surface area contributed by atoms with Gasteiger partial charge in [-0.3, -0.25) is 9.78 Å². The van der Waals surface area contributed by atoms with Crippen LogP contribution in [0.25, 0.3) is 10.9 Å². The molecular weight excluding hydrogens is 378 g/mol. The Labute approximate surface area is 175 Å². The van der Waals surface area contributed by atoms with E-state index in [-0.39, 0.29) is 11.8 Å². The number of likely N-dealkylation sites (tertiary alicyclic amines) is 1. The molecule has 2 atom stereocenters. The number of pyridine rings is 2. The zero-order chi connectivity index (χ0) is 20.7. The van der Waals surface area contributed by atoms with Crippen LogP contribution in [0.2, 0.25) is 0 Å². The Morgan fingerprint density at radius 2 is 2.10 bits per heavy atom. The number of rotatable bonds is 4. The van der Waals surface area contributed by atoms with Crippen molar-refractivity contribution in [3.8, 4) is 5.88 Å². The first-order valence-electron chi connectivity index (χ1n) is 10.5. The molecule has 154 valence electrons. The van der Waals surface area contributed by atoms with Crippen LogP contribution < -0.4 is 4.74 Å². The van der Waals surface area contributed by atoms with E-state index < -0.39 is 6.10 Å². The van der Waals surface area contributed by atoms with Gasteiger partial charge in [0.05, 0.1) is 18.7 Å². The first kappa shape index (κ1) is 19.0. The molecule has 1 aromatic carbocycles. The van der Waals surface area contributed by atoms with Crippen LogP contribution in [-0.2, 0) is 19.3 Å². The highest BCUT2D eigenvalue weighted by molar-refractivity contribution is 5.97. The third-order valence-corrected chi connectivity index (χ3v) is 6.35. The van der Waals surface area contributed by atoms with Crippen LogP contribution in [0.15, 0.2) is 42.6 Å². The molecule has 1 saturated heterocycles. The number of β-amino-alcohol motifs (C(OH)–C–C–N with tert-alkyl or cyclic N) is 1. The molecule has 2 aromatic heterocycles. The van der Waals surface area contributed by atoms with Gasteiger partial charge in [-0.05, 0) is 55.0 Å². The maximum absolute atomic E-state index is 13.3. The topological polar surface area (TPSA) is 75.5 Å². The normalized spacial score (nSPS) is 20.5. The molecule has 0 bridgehead atoms. The zero-order valence-corrected chi connectivity index (χ0v) is 17.0. The van der Waals surface area contributed by atoms with E-state index in [1.54, 1.807) is 12.0 Å². The maximum Gasteiger partial charge on any atom is 0.259 e. The first-order chi connectivity index (χ1) is 14.6. The minimum Gasteiger partial charge on any atom is -0.480 e. The minimum atomic E-state index is -0.561. The maximum atomic E-state index is 13.3. The third-order valence-electron chi connectivity index (χ3n) is 6.35. The quantitative estimate of drug-likeness (QED) is 0.725. The lowest BCUT2D eigenvalue weighted by Crippen LogP contribution is -2.30. The molecule has 2 aliphatic rings. The number of methoxy groups -OCH3 is 1. The van der Waals surface area contributed by atoms with Crippen LogP contribution >= 0.6 is 0 Å². The number of carbonyl (C=O) groups is 1. The average molecular weight is 403 g/mol. The van der Waals surface area contributed by atoms with Gasteiger partial charge in [-0.1, -0.05) is 18.2 Å². The fourth-order valence-electron chi connectivity index (χ4n) is 4.77. The van der Waals surface area contributed by atoms with Gasteiger partial charge in [0.25, 0.3) is 5.91 Å². The number of aliphatic hydroxyl groups is 1. The van der Waals surface area contributed by atoms with Crippen molar-refractivity contribution in [1.82, 2.24) is 14.9 Å². The summed E-state index contributed by atoms with van der Waals surface area (Å²) >= 11 is 0. The summed E-state index contributed by atoms with van der Waals surface area (Å²) < 4.78 is 5.42. The number of amides is 1. The Balaban J connectivity index is 1.37. The summed E-state index contributed by atoms with van der Waals surface area (Å²) in [6.07, 6.45) is 4.90. The van der Waals surface area contributed by atoms with Gasteiger partial charge in [0.2, 0.25) is 5.88 Å². The van der Waals surface area contributed by atoms with Crippen molar-refractivity contribution in [1.29, 1.82) is 0 Å². The smallest absolute Gasteiger partial charge is 0.259 e. The summed E-state index contributed by atoms with van der Waals surface area (Å²) in [7, 11) is 1.55. The van der Waals surface area contributed by atoms with Gasteiger partial charge in [0.1, 0.15) is 5.56 Å². The number of hydrogen-bond donors (Lipinski definition) is 1. The first-order valence-corrected chi connectivity index (χ1v) is 10.5. The second kappa shape index (κ2) is 7.69. The van der Waals surface area contributed by atoms with E-state index in [9.17, 15) is 9.90 Å². The number of carbonyl (C=O) groups excluding carboxylic acids is 1. The Morgan fingerprint density at radius 1 is 1.23 bits per heavy atom. The molecule has 1 N–H and O–H groups in total. The molecule has 0 radical (unpaired) electrons. The Kier molecular flexibility index (Phi) is 4.87. The van der Waals surface area contributed by atoms with E-state index in [0.717, 1.165) is 47.0 Å². The molecule has 0 unspecified atom stereocenters. The van der Waals surface area contributed by atoms with Crippen LogP contribution in [0.5, 0.6) is 5.88 Å². The van der Waals surface area contributed by atoms with Gasteiger partial charge in [-0.15, -0.1) is 0 Å². The molecular formula is C24H25N3O3. The molecule has 5 rings (SSSR count). The van der Waals surface area contributed by atoms with E-state index in [4.69, 9.17) is 4.74 Å². The largest absolute Gasteiger partial charge is 0.480 e. The number of nitrogens with zero attached hydrogens (tertiary/aromatic N) is 3. The lowest BCUT2D eigenvalue weighted by molar-refractivity contribution is 0.0760. The number of aryl methyl sites for hydroxylation is 2. The lowest BCUT2D eigenvalue weighted by Gasteiger charge is -2.18. The summed E-state index contributed by atoms with van der Waals surface area (Å²) in [4.78, 5) is 24.0. The molecule has 1 amide bonds. The second-order valence-corrected chi connectivity index (χ2v) is 8.23. The summed E-state index contributed by atoms with van der Waals surface area (Å²) in [5.74, 6) is 0.252.